The van der Waals surface area contributed by atoms with Crippen molar-refractivity contribution in [1.82, 2.24) is 39.0 Å². The maximum absolute atomic E-state index is 5.27. The average Bonchev–Trinajstić information content (AvgIpc) is 1.44. The number of nitrogens with zero attached hydrogens (tertiary/aromatic N) is 8. The van der Waals surface area contributed by atoms with Crippen LogP contribution in [-0.4, -0.2) is 39.0 Å². The van der Waals surface area contributed by atoms with E-state index in [4.69, 9.17) is 29.9 Å². The van der Waals surface area contributed by atoms with Gasteiger partial charge in [-0.25, -0.2) is 29.9 Å². The summed E-state index contributed by atoms with van der Waals surface area (Å²) in [5, 5.41) is 9.87. The second-order valence-electron chi connectivity index (χ2n) is 28.1. The summed E-state index contributed by atoms with van der Waals surface area (Å²) in [7, 11) is 0. The molecule has 16 aromatic carbocycles. The zero-order valence-electron chi connectivity index (χ0n) is 60.3. The minimum Gasteiger partial charge on any atom is -0.309 e. The number of rotatable bonds is 12. The summed E-state index contributed by atoms with van der Waals surface area (Å²) in [6.07, 6.45) is 0. The van der Waals surface area contributed by atoms with Gasteiger partial charge in [-0.3, -0.25) is 0 Å². The van der Waals surface area contributed by atoms with E-state index in [-0.39, 0.29) is 0 Å². The van der Waals surface area contributed by atoms with Gasteiger partial charge in [-0.15, -0.1) is 22.7 Å². The second kappa shape index (κ2) is 28.0. The van der Waals surface area contributed by atoms with E-state index in [9.17, 15) is 0 Å². The first kappa shape index (κ1) is 65.8. The highest BCUT2D eigenvalue weighted by molar-refractivity contribution is 7.26. The fourth-order valence-corrected chi connectivity index (χ4v) is 18.2. The number of hydrogen-bond acceptors (Lipinski definition) is 8. The molecular formula is C102H64N8S2. The van der Waals surface area contributed by atoms with Crippen LogP contribution < -0.4 is 0 Å². The van der Waals surface area contributed by atoms with E-state index in [1.807, 2.05) is 36.4 Å². The van der Waals surface area contributed by atoms with Crippen LogP contribution >= 0.6 is 22.7 Å². The van der Waals surface area contributed by atoms with Gasteiger partial charge in [0, 0.05) is 107 Å². The van der Waals surface area contributed by atoms with Crippen molar-refractivity contribution >= 4 is 107 Å². The first-order valence-corrected chi connectivity index (χ1v) is 39.2. The van der Waals surface area contributed by atoms with Crippen LogP contribution in [0.5, 0.6) is 0 Å². The quantitative estimate of drug-likeness (QED) is 0.121. The zero-order valence-corrected chi connectivity index (χ0v) is 62.0. The normalized spacial score (nSPS) is 11.6. The number of fused-ring (bicyclic) bond motifs is 12. The standard InChI is InChI=1S/2C51H32N4S/c1-4-14-33(15-5-1)36-25-27-46-44(31-36)41-20-10-12-22-45(41)55(46)40-29-38(34-16-6-2-7-17-34)28-39(30-40)51-53-49(35-18-8-3-9-19-35)52-50(54-51)37-24-26-43-42-21-11-13-23-47(42)56-48(43)32-37;1-3-13-33(14-4-1)34-23-25-35(26-24-34)38-29-39(31-40(30-38)55-45-20-10-7-17-41(45)42-18-8-11-21-46(42)55)51-53-49(36-15-5-2-6-16-36)52-50(54-51)37-27-28-44-43-19-9-12-22-47(43)56-48(44)32-37/h2*1-32H. The Morgan fingerprint density at radius 3 is 0.839 bits per heavy atom. The highest BCUT2D eigenvalue weighted by Gasteiger charge is 2.23. The monoisotopic (exact) mass is 1460 g/mol. The van der Waals surface area contributed by atoms with Crippen molar-refractivity contribution in [2.75, 3.05) is 0 Å². The van der Waals surface area contributed by atoms with Crippen LogP contribution in [0.25, 0.3) is 208 Å². The van der Waals surface area contributed by atoms with E-state index in [0.717, 1.165) is 89.1 Å². The lowest BCUT2D eigenvalue weighted by molar-refractivity contribution is 1.07. The maximum Gasteiger partial charge on any atom is 0.164 e. The van der Waals surface area contributed by atoms with E-state index in [1.54, 1.807) is 22.7 Å². The molecule has 22 aromatic rings. The topological polar surface area (TPSA) is 87.2 Å². The molecule has 8 nitrogen and oxygen atoms in total. The number of thiophene rings is 2. The van der Waals surface area contributed by atoms with Crippen molar-refractivity contribution in [2.45, 2.75) is 0 Å². The summed E-state index contributed by atoms with van der Waals surface area (Å²) >= 11 is 3.60. The Labute approximate surface area is 653 Å². The highest BCUT2D eigenvalue weighted by Crippen LogP contribution is 2.43. The third-order valence-corrected chi connectivity index (χ3v) is 23.5. The van der Waals surface area contributed by atoms with E-state index in [1.165, 1.54) is 84.1 Å². The van der Waals surface area contributed by atoms with Crippen molar-refractivity contribution in [2.24, 2.45) is 0 Å². The largest absolute Gasteiger partial charge is 0.309 e. The first-order valence-electron chi connectivity index (χ1n) is 37.5. The zero-order chi connectivity index (χ0) is 74.0. The summed E-state index contributed by atoms with van der Waals surface area (Å²) in [5.74, 6) is 3.80. The molecule has 0 fully saturated rings. The van der Waals surface area contributed by atoms with Crippen LogP contribution in [0.2, 0.25) is 0 Å². The lowest BCUT2D eigenvalue weighted by atomic mass is 9.98. The Bertz CT molecular complexity index is 7300. The predicted octanol–water partition coefficient (Wildman–Crippen LogP) is 27.3. The predicted molar refractivity (Wildman–Crippen MR) is 468 cm³/mol. The maximum atomic E-state index is 5.27. The van der Waals surface area contributed by atoms with Crippen LogP contribution in [0.1, 0.15) is 0 Å². The minimum absolute atomic E-state index is 0.620. The lowest BCUT2D eigenvalue weighted by Gasteiger charge is -2.15. The molecule has 6 aromatic heterocycles. The Kier molecular flexibility index (Phi) is 16.4. The van der Waals surface area contributed by atoms with Gasteiger partial charge < -0.3 is 9.13 Å². The minimum atomic E-state index is 0.620. The lowest BCUT2D eigenvalue weighted by Crippen LogP contribution is -2.02. The van der Waals surface area contributed by atoms with Gasteiger partial charge in [-0.2, -0.15) is 0 Å². The SMILES string of the molecule is c1ccc(-c2cc(-c3nc(-c4ccccc4)nc(-c4ccc5c(c4)sc4ccccc45)n3)cc(-n3c4ccccc4c4cc(-c5ccccc5)ccc43)c2)cc1.c1ccc(-c2ccc(-c3cc(-c4nc(-c5ccccc5)nc(-c5ccc6c(c5)sc5ccccc56)n4)cc(-n4c5ccccc5c5ccccc54)c3)cc2)cc1. The Morgan fingerprint density at radius 2 is 0.420 bits per heavy atom. The van der Waals surface area contributed by atoms with Gasteiger partial charge >= 0.3 is 0 Å². The van der Waals surface area contributed by atoms with Crippen LogP contribution in [0, 0.1) is 0 Å². The third kappa shape index (κ3) is 12.1. The van der Waals surface area contributed by atoms with Gasteiger partial charge in [0.2, 0.25) is 0 Å². The van der Waals surface area contributed by atoms with Crippen LogP contribution in [0.4, 0.5) is 0 Å². The van der Waals surface area contributed by atoms with Crippen molar-refractivity contribution in [3.05, 3.63) is 388 Å². The fourth-order valence-electron chi connectivity index (χ4n) is 15.9. The van der Waals surface area contributed by atoms with Gasteiger partial charge in [-0.05, 0) is 136 Å². The molecule has 0 spiro atoms. The average molecular weight is 1470 g/mol. The molecule has 0 saturated heterocycles. The van der Waals surface area contributed by atoms with E-state index in [0.29, 0.717) is 34.9 Å². The molecule has 0 aliphatic carbocycles. The summed E-state index contributed by atoms with van der Waals surface area (Å²) in [6, 6.07) is 137. The van der Waals surface area contributed by atoms with Gasteiger partial charge in [0.05, 0.1) is 22.1 Å². The Morgan fingerprint density at radius 1 is 0.152 bits per heavy atom. The summed E-state index contributed by atoms with van der Waals surface area (Å²) < 4.78 is 9.71. The van der Waals surface area contributed by atoms with Crippen molar-refractivity contribution in [3.63, 3.8) is 0 Å². The van der Waals surface area contributed by atoms with Gasteiger partial charge in [-0.1, -0.05) is 297 Å². The van der Waals surface area contributed by atoms with Crippen LogP contribution in [-0.2, 0) is 0 Å². The molecular weight excluding hydrogens is 1400 g/mol. The Balaban J connectivity index is 0.000000141. The molecule has 0 N–H and O–H groups in total. The molecule has 0 bridgehead atoms. The summed E-state index contributed by atoms with van der Waals surface area (Å²) in [5.41, 5.74) is 21.4. The molecule has 0 saturated carbocycles. The van der Waals surface area contributed by atoms with Gasteiger partial charge in [0.15, 0.2) is 34.9 Å². The number of aromatic nitrogens is 8. The molecule has 0 atom stereocenters. The van der Waals surface area contributed by atoms with Crippen LogP contribution in [0.3, 0.4) is 0 Å². The van der Waals surface area contributed by atoms with Crippen molar-refractivity contribution < 1.29 is 0 Å². The molecule has 524 valence electrons. The molecule has 0 aliphatic heterocycles. The van der Waals surface area contributed by atoms with Crippen LogP contribution in [0.15, 0.2) is 388 Å². The first-order chi connectivity index (χ1) is 55.5. The number of benzene rings is 16. The second-order valence-corrected chi connectivity index (χ2v) is 30.3. The van der Waals surface area contributed by atoms with E-state index in [2.05, 4.69) is 361 Å². The van der Waals surface area contributed by atoms with Gasteiger partial charge in [0.25, 0.3) is 0 Å². The molecule has 0 unspecified atom stereocenters. The number of hydrogen-bond donors (Lipinski definition) is 0. The highest BCUT2D eigenvalue weighted by atomic mass is 32.1. The van der Waals surface area contributed by atoms with Gasteiger partial charge in [0.1, 0.15) is 0 Å². The molecule has 22 rings (SSSR count). The molecule has 0 amide bonds. The Hall–Kier alpha value is -14.4. The molecule has 10 heteroatoms. The molecule has 0 radical (unpaired) electrons. The van der Waals surface area contributed by atoms with E-state index < -0.39 is 0 Å². The van der Waals surface area contributed by atoms with Crippen molar-refractivity contribution in [3.8, 4) is 124 Å². The summed E-state index contributed by atoms with van der Waals surface area (Å²) in [6.45, 7) is 0. The molecule has 6 heterocycles. The fraction of sp³-hybridized carbons (Fsp3) is 0. The van der Waals surface area contributed by atoms with E-state index >= 15 is 0 Å². The molecule has 0 aliphatic rings. The van der Waals surface area contributed by atoms with Crippen molar-refractivity contribution in [1.29, 1.82) is 0 Å². The number of para-hydroxylation sites is 3. The molecule has 112 heavy (non-hydrogen) atoms. The summed E-state index contributed by atoms with van der Waals surface area (Å²) in [4.78, 5) is 31.1. The third-order valence-electron chi connectivity index (χ3n) is 21.3. The smallest absolute Gasteiger partial charge is 0.164 e.